The van der Waals surface area contributed by atoms with Crippen LogP contribution in [0.1, 0.15) is 27.8 Å². The van der Waals surface area contributed by atoms with Gasteiger partial charge >= 0.3 is 5.97 Å². The van der Waals surface area contributed by atoms with Crippen LogP contribution < -0.4 is 9.47 Å². The number of hydrogen-bond acceptors (Lipinski definition) is 3. The van der Waals surface area contributed by atoms with Crippen LogP contribution in [0.5, 0.6) is 11.5 Å². The highest BCUT2D eigenvalue weighted by atomic mass is 35.5. The van der Waals surface area contributed by atoms with E-state index < -0.39 is 12.6 Å². The summed E-state index contributed by atoms with van der Waals surface area (Å²) in [7, 11) is 0. The topological polar surface area (TPSA) is 55.8 Å². The fraction of sp³-hybridized carbons (Fsp3) is 0.121. The Kier molecular flexibility index (Phi) is 7.91. The molecule has 4 nitrogen and oxygen atoms in total. The van der Waals surface area contributed by atoms with Gasteiger partial charge in [-0.05, 0) is 63.4 Å². The Bertz CT molecular complexity index is 1530. The van der Waals surface area contributed by atoms with E-state index in [9.17, 15) is 9.90 Å². The van der Waals surface area contributed by atoms with Crippen molar-refractivity contribution in [2.24, 2.45) is 0 Å². The fourth-order valence-electron chi connectivity index (χ4n) is 4.53. The first-order chi connectivity index (χ1) is 18.5. The molecule has 0 unspecified atom stereocenters. The van der Waals surface area contributed by atoms with Crippen LogP contribution in [-0.2, 0) is 24.2 Å². The molecule has 0 spiro atoms. The third-order valence-electron chi connectivity index (χ3n) is 6.39. The molecule has 0 bridgehead atoms. The number of fused-ring (bicyclic) bond motifs is 1. The van der Waals surface area contributed by atoms with Crippen LogP contribution in [0.3, 0.4) is 0 Å². The van der Waals surface area contributed by atoms with Crippen LogP contribution in [0, 0.1) is 0 Å². The predicted molar refractivity (Wildman–Crippen MR) is 151 cm³/mol. The summed E-state index contributed by atoms with van der Waals surface area (Å²) in [6, 6.07) is 36.1. The standard InChI is InChI=1S/C33H27ClO4/c34-28-14-11-24(12-15-28)18-30-29-20-32(37-21-25-9-5-2-6-10-25)27(17-23-7-3-1-4-8-23)19-26(29)13-16-31(30)38-22-33(35)36/h1-16,19-20H,17-18,21-22H2,(H,35,36). The largest absolute Gasteiger partial charge is 0.489 e. The molecule has 0 saturated carbocycles. The van der Waals surface area contributed by atoms with E-state index in [1.807, 2.05) is 84.9 Å². The van der Waals surface area contributed by atoms with Crippen molar-refractivity contribution < 1.29 is 19.4 Å². The van der Waals surface area contributed by atoms with Gasteiger partial charge in [0.2, 0.25) is 0 Å². The molecule has 0 aliphatic rings. The third-order valence-corrected chi connectivity index (χ3v) is 6.64. The van der Waals surface area contributed by atoms with Crippen LogP contribution in [-0.4, -0.2) is 17.7 Å². The summed E-state index contributed by atoms with van der Waals surface area (Å²) >= 11 is 6.11. The van der Waals surface area contributed by atoms with E-state index in [-0.39, 0.29) is 0 Å². The lowest BCUT2D eigenvalue weighted by Gasteiger charge is -2.18. The Morgan fingerprint density at radius 2 is 1.34 bits per heavy atom. The molecule has 0 aliphatic carbocycles. The zero-order valence-electron chi connectivity index (χ0n) is 20.8. The van der Waals surface area contributed by atoms with E-state index in [0.717, 1.165) is 45.2 Å². The molecule has 5 heteroatoms. The van der Waals surface area contributed by atoms with Crippen molar-refractivity contribution in [2.45, 2.75) is 19.4 Å². The van der Waals surface area contributed by atoms with Crippen molar-refractivity contribution in [2.75, 3.05) is 6.61 Å². The molecule has 190 valence electrons. The van der Waals surface area contributed by atoms with Gasteiger partial charge in [-0.2, -0.15) is 0 Å². The molecule has 0 aliphatic heterocycles. The van der Waals surface area contributed by atoms with Gasteiger partial charge in [-0.15, -0.1) is 0 Å². The molecule has 38 heavy (non-hydrogen) atoms. The minimum atomic E-state index is -1.02. The maximum absolute atomic E-state index is 11.3. The molecule has 5 aromatic carbocycles. The molecule has 0 fully saturated rings. The number of carbonyl (C=O) groups is 1. The zero-order valence-corrected chi connectivity index (χ0v) is 21.5. The van der Waals surface area contributed by atoms with Crippen molar-refractivity contribution >= 4 is 28.3 Å². The van der Waals surface area contributed by atoms with Crippen molar-refractivity contribution in [1.29, 1.82) is 0 Å². The molecule has 5 rings (SSSR count). The van der Waals surface area contributed by atoms with Gasteiger partial charge in [0.15, 0.2) is 6.61 Å². The average molecular weight is 523 g/mol. The SMILES string of the molecule is O=C(O)COc1ccc2cc(Cc3ccccc3)c(OCc3ccccc3)cc2c1Cc1ccc(Cl)cc1. The Morgan fingerprint density at radius 1 is 0.684 bits per heavy atom. The smallest absolute Gasteiger partial charge is 0.341 e. The van der Waals surface area contributed by atoms with E-state index in [1.165, 1.54) is 5.56 Å². The Hall–Kier alpha value is -4.28. The first-order valence-electron chi connectivity index (χ1n) is 12.4. The van der Waals surface area contributed by atoms with Crippen LogP contribution in [0.4, 0.5) is 0 Å². The first kappa shape index (κ1) is 25.4. The molecule has 0 atom stereocenters. The Morgan fingerprint density at radius 3 is 2.03 bits per heavy atom. The molecule has 0 aromatic heterocycles. The van der Waals surface area contributed by atoms with E-state index in [1.54, 1.807) is 0 Å². The molecular weight excluding hydrogens is 496 g/mol. The highest BCUT2D eigenvalue weighted by Crippen LogP contribution is 2.36. The van der Waals surface area contributed by atoms with Gasteiger partial charge in [-0.1, -0.05) is 90.5 Å². The number of benzene rings is 5. The van der Waals surface area contributed by atoms with E-state index >= 15 is 0 Å². The number of rotatable bonds is 10. The maximum Gasteiger partial charge on any atom is 0.341 e. The van der Waals surface area contributed by atoms with Crippen LogP contribution in [0.25, 0.3) is 10.8 Å². The Labute approximate surface area is 227 Å². The van der Waals surface area contributed by atoms with Crippen molar-refractivity contribution in [1.82, 2.24) is 0 Å². The van der Waals surface area contributed by atoms with Gasteiger partial charge in [0, 0.05) is 23.4 Å². The van der Waals surface area contributed by atoms with E-state index in [4.69, 9.17) is 21.1 Å². The number of ether oxygens (including phenoxy) is 2. The normalized spacial score (nSPS) is 10.9. The Balaban J connectivity index is 1.60. The average Bonchev–Trinajstić information content (AvgIpc) is 2.94. The van der Waals surface area contributed by atoms with E-state index in [0.29, 0.717) is 23.8 Å². The molecule has 0 radical (unpaired) electrons. The zero-order chi connectivity index (χ0) is 26.3. The molecule has 0 saturated heterocycles. The number of aliphatic carboxylic acids is 1. The van der Waals surface area contributed by atoms with Gasteiger partial charge in [-0.25, -0.2) is 4.79 Å². The summed E-state index contributed by atoms with van der Waals surface area (Å²) in [6.07, 6.45) is 1.28. The second-order valence-corrected chi connectivity index (χ2v) is 9.58. The predicted octanol–water partition coefficient (Wildman–Crippen LogP) is 7.72. The summed E-state index contributed by atoms with van der Waals surface area (Å²) in [6.45, 7) is 0.0262. The molecule has 5 aromatic rings. The lowest BCUT2D eigenvalue weighted by molar-refractivity contribution is -0.139. The van der Waals surface area contributed by atoms with Crippen molar-refractivity contribution in [3.63, 3.8) is 0 Å². The minimum absolute atomic E-state index is 0.414. The maximum atomic E-state index is 11.3. The van der Waals surface area contributed by atoms with Gasteiger partial charge in [0.05, 0.1) is 0 Å². The van der Waals surface area contributed by atoms with Crippen molar-refractivity contribution in [3.05, 3.63) is 142 Å². The second kappa shape index (κ2) is 11.8. The number of hydrogen-bond donors (Lipinski definition) is 1. The molecule has 0 heterocycles. The summed E-state index contributed by atoms with van der Waals surface area (Å²) in [4.78, 5) is 11.3. The van der Waals surface area contributed by atoms with Gasteiger partial charge in [0.1, 0.15) is 18.1 Å². The first-order valence-corrected chi connectivity index (χ1v) is 12.8. The second-order valence-electron chi connectivity index (χ2n) is 9.15. The lowest BCUT2D eigenvalue weighted by Crippen LogP contribution is -2.11. The summed E-state index contributed by atoms with van der Waals surface area (Å²) < 4.78 is 12.1. The number of carboxylic acids is 1. The summed E-state index contributed by atoms with van der Waals surface area (Å²) in [5.74, 6) is 0.310. The number of carboxylic acid groups (broad SMARTS) is 1. The van der Waals surface area contributed by atoms with E-state index in [2.05, 4.69) is 24.3 Å². The highest BCUT2D eigenvalue weighted by Gasteiger charge is 2.16. The summed E-state index contributed by atoms with van der Waals surface area (Å²) in [5.41, 5.74) is 5.30. The van der Waals surface area contributed by atoms with Gasteiger partial charge < -0.3 is 14.6 Å². The minimum Gasteiger partial charge on any atom is -0.489 e. The number of halogens is 1. The monoisotopic (exact) mass is 522 g/mol. The molecule has 1 N–H and O–H groups in total. The quantitative estimate of drug-likeness (QED) is 0.204. The summed E-state index contributed by atoms with van der Waals surface area (Å²) in [5, 5.41) is 11.9. The van der Waals surface area contributed by atoms with Crippen LogP contribution in [0.2, 0.25) is 5.02 Å². The van der Waals surface area contributed by atoms with Crippen LogP contribution in [0.15, 0.2) is 109 Å². The lowest BCUT2D eigenvalue weighted by atomic mass is 9.94. The molecular formula is C33H27ClO4. The van der Waals surface area contributed by atoms with Crippen LogP contribution >= 0.6 is 11.6 Å². The molecule has 0 amide bonds. The fourth-order valence-corrected chi connectivity index (χ4v) is 4.65. The van der Waals surface area contributed by atoms with Crippen molar-refractivity contribution in [3.8, 4) is 11.5 Å². The third kappa shape index (κ3) is 6.34. The van der Waals surface area contributed by atoms with Gasteiger partial charge in [0.25, 0.3) is 0 Å². The highest BCUT2D eigenvalue weighted by molar-refractivity contribution is 6.30. The van der Waals surface area contributed by atoms with Gasteiger partial charge in [-0.3, -0.25) is 0 Å².